The van der Waals surface area contributed by atoms with Gasteiger partial charge in [-0.2, -0.15) is 0 Å². The molecule has 4 atom stereocenters. The van der Waals surface area contributed by atoms with Gasteiger partial charge in [0.15, 0.2) is 0 Å². The van der Waals surface area contributed by atoms with Gasteiger partial charge in [0.25, 0.3) is 0 Å². The van der Waals surface area contributed by atoms with E-state index in [4.69, 9.17) is 11.6 Å². The Balaban J connectivity index is 1.24. The number of dihydropyridines is 1. The molecule has 0 bridgehead atoms. The Bertz CT molecular complexity index is 2550. The van der Waals surface area contributed by atoms with E-state index in [0.717, 1.165) is 23.5 Å². The minimum Gasteiger partial charge on any atom is -0.381 e. The number of nitrogens with one attached hydrogen (secondary N) is 1. The Morgan fingerprint density at radius 1 is 0.830 bits per heavy atom. The molecule has 4 aliphatic rings. The molecule has 5 aromatic rings. The summed E-state index contributed by atoms with van der Waals surface area (Å²) in [7, 11) is 0. The first-order valence-electron chi connectivity index (χ1n) is 18.9. The summed E-state index contributed by atoms with van der Waals surface area (Å²) >= 11 is 0. The SMILES string of the molecule is C=C(C1=CC=CCN1)C1C=C2C(=CC1C1=C(C)C(/C=C/C)C(/C=C(\C)c3cccc4ccccc34)C(c3ccccn3)=C1)c1cccc3cccc2c13. The van der Waals surface area contributed by atoms with Gasteiger partial charge in [0.05, 0.1) is 5.69 Å². The summed E-state index contributed by atoms with van der Waals surface area (Å²) in [6, 6.07) is 35.1. The van der Waals surface area contributed by atoms with Crippen LogP contribution in [0.4, 0.5) is 0 Å². The van der Waals surface area contributed by atoms with Crippen molar-refractivity contribution in [2.75, 3.05) is 6.54 Å². The topological polar surface area (TPSA) is 24.9 Å². The summed E-state index contributed by atoms with van der Waals surface area (Å²) in [5.41, 5.74) is 15.1. The van der Waals surface area contributed by atoms with Crippen LogP contribution in [0.1, 0.15) is 43.2 Å². The third kappa shape index (κ3) is 5.61. The summed E-state index contributed by atoms with van der Waals surface area (Å²) in [6.07, 6.45) is 23.1. The predicted molar refractivity (Wildman–Crippen MR) is 226 cm³/mol. The van der Waals surface area contributed by atoms with E-state index in [-0.39, 0.29) is 23.7 Å². The van der Waals surface area contributed by atoms with Crippen molar-refractivity contribution in [3.63, 3.8) is 0 Å². The second kappa shape index (κ2) is 13.5. The molecule has 0 amide bonds. The Morgan fingerprint density at radius 3 is 2.32 bits per heavy atom. The Labute approximate surface area is 313 Å². The lowest BCUT2D eigenvalue weighted by atomic mass is 9.66. The quantitative estimate of drug-likeness (QED) is 0.173. The van der Waals surface area contributed by atoms with Crippen LogP contribution in [0.15, 0.2) is 187 Å². The zero-order valence-electron chi connectivity index (χ0n) is 30.7. The molecule has 0 saturated heterocycles. The first kappa shape index (κ1) is 32.9. The van der Waals surface area contributed by atoms with Crippen LogP contribution in [-0.2, 0) is 0 Å². The fourth-order valence-corrected chi connectivity index (χ4v) is 9.23. The Kier molecular flexibility index (Phi) is 8.39. The standard InChI is InChI=1S/C51H44N2/c1-5-15-38-33(3)42(30-48(50-25-9-11-27-53-50)44(38)28-32(2)37-21-12-17-35-16-6-7-20-39(35)37)47-31-46-41-23-14-19-36-18-13-22-40(51(36)41)45(46)29-43(47)34(4)49-24-8-10-26-52-49/h5-25,27-31,38,43-44,47,52H,4,26H2,1-3H3/b15-5+,32-28+. The molecule has 2 heteroatoms. The fourth-order valence-electron chi connectivity index (χ4n) is 9.23. The van der Waals surface area contributed by atoms with Crippen LogP contribution >= 0.6 is 0 Å². The van der Waals surface area contributed by atoms with E-state index in [9.17, 15) is 0 Å². The number of rotatable bonds is 7. The van der Waals surface area contributed by atoms with Crippen LogP contribution in [0.3, 0.4) is 0 Å². The maximum atomic E-state index is 5.00. The van der Waals surface area contributed by atoms with E-state index in [1.807, 2.05) is 12.3 Å². The number of hydrogen-bond donors (Lipinski definition) is 1. The van der Waals surface area contributed by atoms with Crippen LogP contribution in [0.25, 0.3) is 43.8 Å². The molecule has 2 heterocycles. The number of hydrogen-bond acceptors (Lipinski definition) is 2. The number of pyridine rings is 1. The lowest BCUT2D eigenvalue weighted by Gasteiger charge is -2.38. The van der Waals surface area contributed by atoms with Crippen molar-refractivity contribution in [1.29, 1.82) is 0 Å². The van der Waals surface area contributed by atoms with Crippen LogP contribution in [0.2, 0.25) is 0 Å². The molecule has 4 aromatic carbocycles. The Morgan fingerprint density at radius 2 is 1.57 bits per heavy atom. The second-order valence-corrected chi connectivity index (χ2v) is 14.7. The number of allylic oxidation sites excluding steroid dienone is 15. The van der Waals surface area contributed by atoms with Crippen LogP contribution in [0, 0.1) is 23.7 Å². The van der Waals surface area contributed by atoms with Gasteiger partial charge < -0.3 is 5.32 Å². The molecule has 0 radical (unpaired) electrons. The molecule has 0 fully saturated rings. The van der Waals surface area contributed by atoms with Gasteiger partial charge >= 0.3 is 0 Å². The molecule has 1 aromatic heterocycles. The van der Waals surface area contributed by atoms with Gasteiger partial charge in [0.2, 0.25) is 0 Å². The summed E-state index contributed by atoms with van der Waals surface area (Å²) in [5, 5.41) is 8.82. The summed E-state index contributed by atoms with van der Waals surface area (Å²) in [4.78, 5) is 5.00. The first-order valence-corrected chi connectivity index (χ1v) is 18.9. The second-order valence-electron chi connectivity index (χ2n) is 14.7. The smallest absolute Gasteiger partial charge is 0.0668 e. The minimum atomic E-state index is 0.0607. The summed E-state index contributed by atoms with van der Waals surface area (Å²) in [6.45, 7) is 12.4. The highest BCUT2D eigenvalue weighted by molar-refractivity contribution is 6.22. The van der Waals surface area contributed by atoms with Gasteiger partial charge in [0.1, 0.15) is 0 Å². The lowest BCUT2D eigenvalue weighted by Crippen LogP contribution is -2.28. The number of fused-ring (bicyclic) bond motifs is 4. The molecule has 2 nitrogen and oxygen atoms in total. The van der Waals surface area contributed by atoms with Crippen molar-refractivity contribution in [1.82, 2.24) is 10.3 Å². The van der Waals surface area contributed by atoms with Gasteiger partial charge in [0, 0.05) is 42.1 Å². The molecular formula is C51H44N2. The van der Waals surface area contributed by atoms with E-state index in [1.54, 1.807) is 0 Å². The molecule has 1 N–H and O–H groups in total. The van der Waals surface area contributed by atoms with E-state index < -0.39 is 0 Å². The zero-order valence-corrected chi connectivity index (χ0v) is 30.7. The highest BCUT2D eigenvalue weighted by Crippen LogP contribution is 2.54. The maximum absolute atomic E-state index is 5.00. The Hall–Kier alpha value is -5.99. The van der Waals surface area contributed by atoms with E-state index in [0.29, 0.717) is 0 Å². The van der Waals surface area contributed by atoms with Crippen molar-refractivity contribution in [3.8, 4) is 0 Å². The maximum Gasteiger partial charge on any atom is 0.0668 e. The van der Waals surface area contributed by atoms with Gasteiger partial charge in [-0.25, -0.2) is 0 Å². The first-order chi connectivity index (χ1) is 26.0. The van der Waals surface area contributed by atoms with Gasteiger partial charge in [-0.3, -0.25) is 4.98 Å². The van der Waals surface area contributed by atoms with Crippen molar-refractivity contribution < 1.29 is 0 Å². The molecule has 53 heavy (non-hydrogen) atoms. The average Bonchev–Trinajstić information content (AvgIpc) is 3.52. The monoisotopic (exact) mass is 684 g/mol. The van der Waals surface area contributed by atoms with Gasteiger partial charge in [-0.05, 0) is 111 Å². The van der Waals surface area contributed by atoms with Crippen molar-refractivity contribution in [3.05, 3.63) is 209 Å². The third-order valence-electron chi connectivity index (χ3n) is 11.8. The van der Waals surface area contributed by atoms with Crippen LogP contribution in [-0.4, -0.2) is 11.5 Å². The van der Waals surface area contributed by atoms with E-state index in [2.05, 4.69) is 172 Å². The fraction of sp³-hybridized carbons (Fsp3) is 0.157. The summed E-state index contributed by atoms with van der Waals surface area (Å²) < 4.78 is 0. The summed E-state index contributed by atoms with van der Waals surface area (Å²) in [5.74, 6) is 0.393. The third-order valence-corrected chi connectivity index (χ3v) is 11.8. The van der Waals surface area contributed by atoms with Crippen LogP contribution < -0.4 is 5.32 Å². The molecule has 258 valence electrons. The molecule has 9 rings (SSSR count). The average molecular weight is 685 g/mol. The largest absolute Gasteiger partial charge is 0.381 e. The molecule has 0 saturated carbocycles. The van der Waals surface area contributed by atoms with Crippen molar-refractivity contribution >= 4 is 43.8 Å². The number of benzene rings is 4. The normalized spacial score (nSPS) is 22.4. The molecule has 3 aliphatic carbocycles. The number of nitrogens with zero attached hydrogens (tertiary/aromatic N) is 1. The van der Waals surface area contributed by atoms with Crippen molar-refractivity contribution in [2.45, 2.75) is 20.8 Å². The minimum absolute atomic E-state index is 0.0607. The van der Waals surface area contributed by atoms with Gasteiger partial charge in [-0.1, -0.05) is 146 Å². The lowest BCUT2D eigenvalue weighted by molar-refractivity contribution is 0.570. The van der Waals surface area contributed by atoms with Gasteiger partial charge in [-0.15, -0.1) is 0 Å². The highest BCUT2D eigenvalue weighted by atomic mass is 14.9. The number of aromatic nitrogens is 1. The van der Waals surface area contributed by atoms with Crippen LogP contribution in [0.5, 0.6) is 0 Å². The molecule has 1 aliphatic heterocycles. The van der Waals surface area contributed by atoms with E-state index in [1.165, 1.54) is 71.7 Å². The predicted octanol–water partition coefficient (Wildman–Crippen LogP) is 12.3. The molecular weight excluding hydrogens is 641 g/mol. The zero-order chi connectivity index (χ0) is 36.1. The van der Waals surface area contributed by atoms with E-state index >= 15 is 0 Å². The highest BCUT2D eigenvalue weighted by Gasteiger charge is 2.39. The molecule has 0 spiro atoms. The van der Waals surface area contributed by atoms with Crippen molar-refractivity contribution in [2.24, 2.45) is 23.7 Å². The molecule has 4 unspecified atom stereocenters.